The number of fused-ring (bicyclic) bond motifs is 1. The molecule has 2 aromatic carbocycles. The molecule has 0 aliphatic carbocycles. The van der Waals surface area contributed by atoms with Crippen LogP contribution in [0.15, 0.2) is 90.1 Å². The van der Waals surface area contributed by atoms with Crippen LogP contribution in [0, 0.1) is 0 Å². The quantitative estimate of drug-likeness (QED) is 0.288. The zero-order valence-electron chi connectivity index (χ0n) is 20.3. The van der Waals surface area contributed by atoms with E-state index in [9.17, 15) is 9.59 Å². The highest BCUT2D eigenvalue weighted by atomic mass is 16.5. The van der Waals surface area contributed by atoms with Crippen LogP contribution in [-0.4, -0.2) is 32.5 Å². The van der Waals surface area contributed by atoms with Gasteiger partial charge < -0.3 is 20.4 Å². The topological polar surface area (TPSA) is 114 Å². The summed E-state index contributed by atoms with van der Waals surface area (Å²) in [6, 6.07) is 20.8. The summed E-state index contributed by atoms with van der Waals surface area (Å²) in [4.78, 5) is 38.2. The van der Waals surface area contributed by atoms with Crippen molar-refractivity contribution in [3.8, 4) is 17.0 Å². The lowest BCUT2D eigenvalue weighted by Gasteiger charge is -2.15. The molecule has 5 rings (SSSR count). The number of H-pyrrole nitrogens is 1. The van der Waals surface area contributed by atoms with Crippen molar-refractivity contribution in [1.82, 2.24) is 24.8 Å². The molecule has 3 heterocycles. The van der Waals surface area contributed by atoms with E-state index in [1.54, 1.807) is 25.7 Å². The molecule has 186 valence electrons. The first-order chi connectivity index (χ1) is 18.1. The summed E-state index contributed by atoms with van der Waals surface area (Å²) in [5.74, 6) is 0.603. The second kappa shape index (κ2) is 10.8. The van der Waals surface area contributed by atoms with Gasteiger partial charge in [0.1, 0.15) is 12.3 Å². The first-order valence-electron chi connectivity index (χ1n) is 11.8. The van der Waals surface area contributed by atoms with Crippen LogP contribution in [0.2, 0.25) is 0 Å². The number of aromatic nitrogens is 4. The molecule has 0 saturated heterocycles. The predicted octanol–water partition coefficient (Wildman–Crippen LogP) is 3.72. The molecule has 9 nitrogen and oxygen atoms in total. The van der Waals surface area contributed by atoms with Crippen molar-refractivity contribution < 1.29 is 9.53 Å². The molecular weight excluding hydrogens is 468 g/mol. The van der Waals surface area contributed by atoms with Crippen molar-refractivity contribution in [3.05, 3.63) is 107 Å². The number of rotatable bonds is 9. The summed E-state index contributed by atoms with van der Waals surface area (Å²) < 4.78 is 6.72. The highest BCUT2D eigenvalue weighted by Gasteiger charge is 2.15. The van der Waals surface area contributed by atoms with Gasteiger partial charge in [-0.05, 0) is 35.4 Å². The summed E-state index contributed by atoms with van der Waals surface area (Å²) in [5.41, 5.74) is 3.71. The van der Waals surface area contributed by atoms with E-state index in [-0.39, 0.29) is 23.8 Å². The molecule has 3 aromatic heterocycles. The number of anilines is 1. The van der Waals surface area contributed by atoms with E-state index in [1.165, 1.54) is 4.57 Å². The summed E-state index contributed by atoms with van der Waals surface area (Å²) in [6.45, 7) is 0.529. The molecule has 0 aliphatic heterocycles. The van der Waals surface area contributed by atoms with E-state index in [4.69, 9.17) is 4.74 Å². The number of nitrogens with one attached hydrogen (secondary N) is 3. The fraction of sp³-hybridized carbons (Fsp3) is 0.143. The summed E-state index contributed by atoms with van der Waals surface area (Å²) in [6.07, 6.45) is 5.09. The van der Waals surface area contributed by atoms with Crippen molar-refractivity contribution in [2.24, 2.45) is 0 Å². The monoisotopic (exact) mass is 494 g/mol. The highest BCUT2D eigenvalue weighted by Crippen LogP contribution is 2.19. The lowest BCUT2D eigenvalue weighted by atomic mass is 10.1. The lowest BCUT2D eigenvalue weighted by molar-refractivity contribution is -0.121. The van der Waals surface area contributed by atoms with E-state index < -0.39 is 0 Å². The number of aromatic amines is 1. The third-order valence-corrected chi connectivity index (χ3v) is 5.97. The summed E-state index contributed by atoms with van der Waals surface area (Å²) in [5, 5.41) is 6.97. The normalized spacial score (nSPS) is 10.8. The van der Waals surface area contributed by atoms with Crippen molar-refractivity contribution in [3.63, 3.8) is 0 Å². The average Bonchev–Trinajstić information content (AvgIpc) is 3.36. The Labute approximate surface area is 213 Å². The van der Waals surface area contributed by atoms with Crippen LogP contribution in [-0.2, 0) is 24.4 Å². The number of amides is 1. The van der Waals surface area contributed by atoms with E-state index >= 15 is 0 Å². The zero-order valence-corrected chi connectivity index (χ0v) is 20.3. The third kappa shape index (κ3) is 5.51. The van der Waals surface area contributed by atoms with Crippen molar-refractivity contribution in [1.29, 1.82) is 0 Å². The van der Waals surface area contributed by atoms with Gasteiger partial charge in [0.25, 0.3) is 5.56 Å². The van der Waals surface area contributed by atoms with Crippen LogP contribution in [0.1, 0.15) is 11.3 Å². The Bertz CT molecular complexity index is 1560. The minimum Gasteiger partial charge on any atom is -0.497 e. The minimum atomic E-state index is -0.379. The first-order valence-corrected chi connectivity index (χ1v) is 11.8. The lowest BCUT2D eigenvalue weighted by Crippen LogP contribution is -2.34. The van der Waals surface area contributed by atoms with E-state index in [0.29, 0.717) is 18.8 Å². The molecule has 9 heteroatoms. The van der Waals surface area contributed by atoms with Gasteiger partial charge >= 0.3 is 0 Å². The largest absolute Gasteiger partial charge is 0.497 e. The molecule has 0 aliphatic rings. The predicted molar refractivity (Wildman–Crippen MR) is 142 cm³/mol. The van der Waals surface area contributed by atoms with Crippen LogP contribution in [0.3, 0.4) is 0 Å². The van der Waals surface area contributed by atoms with Gasteiger partial charge in [-0.3, -0.25) is 19.1 Å². The smallest absolute Gasteiger partial charge is 0.294 e. The molecule has 0 radical (unpaired) electrons. The standard InChI is InChI=1S/C28H26N6O3/c1-37-23-9-5-6-19(12-23)14-31-27-28(36)34(25(17-32-27)20-7-3-2-4-8-20)18-26(35)30-16-22-13-21-15-29-11-10-24(21)33-22/h2-13,15,17,33H,14,16,18H2,1H3,(H,30,35)(H,31,32). The second-order valence-corrected chi connectivity index (χ2v) is 8.49. The van der Waals surface area contributed by atoms with E-state index in [2.05, 4.69) is 25.6 Å². The molecule has 0 spiro atoms. The van der Waals surface area contributed by atoms with Crippen LogP contribution >= 0.6 is 0 Å². The van der Waals surface area contributed by atoms with Crippen LogP contribution < -0.4 is 20.9 Å². The number of benzene rings is 2. The Morgan fingerprint density at radius 2 is 1.89 bits per heavy atom. The molecular formula is C28H26N6O3. The number of pyridine rings is 1. The molecule has 0 atom stereocenters. The molecule has 5 aromatic rings. The molecule has 1 amide bonds. The molecule has 3 N–H and O–H groups in total. The maximum Gasteiger partial charge on any atom is 0.294 e. The number of nitrogens with zero attached hydrogens (tertiary/aromatic N) is 3. The first kappa shape index (κ1) is 23.8. The maximum absolute atomic E-state index is 13.5. The number of ether oxygens (including phenoxy) is 1. The van der Waals surface area contributed by atoms with Gasteiger partial charge in [-0.2, -0.15) is 0 Å². The highest BCUT2D eigenvalue weighted by molar-refractivity contribution is 5.80. The van der Waals surface area contributed by atoms with E-state index in [1.807, 2.05) is 66.7 Å². The maximum atomic E-state index is 13.5. The van der Waals surface area contributed by atoms with Crippen LogP contribution in [0.5, 0.6) is 5.75 Å². The third-order valence-electron chi connectivity index (χ3n) is 5.97. The van der Waals surface area contributed by atoms with Gasteiger partial charge in [0, 0.05) is 35.5 Å². The summed E-state index contributed by atoms with van der Waals surface area (Å²) >= 11 is 0. The Morgan fingerprint density at radius 1 is 1.03 bits per heavy atom. The van der Waals surface area contributed by atoms with Gasteiger partial charge in [0.15, 0.2) is 5.82 Å². The number of carbonyl (C=O) groups excluding carboxylic acids is 1. The van der Waals surface area contributed by atoms with Gasteiger partial charge in [-0.25, -0.2) is 4.98 Å². The van der Waals surface area contributed by atoms with Crippen LogP contribution in [0.25, 0.3) is 22.2 Å². The number of hydrogen-bond acceptors (Lipinski definition) is 6. The Hall–Kier alpha value is -4.92. The van der Waals surface area contributed by atoms with Gasteiger partial charge in [-0.15, -0.1) is 0 Å². The Kier molecular flexibility index (Phi) is 6.93. The molecule has 0 bridgehead atoms. The van der Waals surface area contributed by atoms with Crippen molar-refractivity contribution >= 4 is 22.6 Å². The number of hydrogen-bond donors (Lipinski definition) is 3. The van der Waals surface area contributed by atoms with E-state index in [0.717, 1.165) is 33.5 Å². The SMILES string of the molecule is COc1cccc(CNc2ncc(-c3ccccc3)n(CC(=O)NCc3cc4cnccc4[nH]3)c2=O)c1. The molecule has 37 heavy (non-hydrogen) atoms. The molecule has 0 unspecified atom stereocenters. The second-order valence-electron chi connectivity index (χ2n) is 8.49. The Balaban J connectivity index is 1.37. The fourth-order valence-corrected chi connectivity index (χ4v) is 4.09. The number of carbonyl (C=O) groups is 1. The molecule has 0 fully saturated rings. The fourth-order valence-electron chi connectivity index (χ4n) is 4.09. The van der Waals surface area contributed by atoms with Crippen LogP contribution in [0.4, 0.5) is 5.82 Å². The van der Waals surface area contributed by atoms with Crippen molar-refractivity contribution in [2.45, 2.75) is 19.6 Å². The summed E-state index contributed by atoms with van der Waals surface area (Å²) in [7, 11) is 1.61. The minimum absolute atomic E-state index is 0.152. The number of methoxy groups -OCH3 is 1. The average molecular weight is 495 g/mol. The molecule has 0 saturated carbocycles. The Morgan fingerprint density at radius 3 is 2.70 bits per heavy atom. The zero-order chi connectivity index (χ0) is 25.6. The van der Waals surface area contributed by atoms with Gasteiger partial charge in [0.2, 0.25) is 5.91 Å². The van der Waals surface area contributed by atoms with Gasteiger partial charge in [0.05, 0.1) is 25.5 Å². The van der Waals surface area contributed by atoms with Crippen molar-refractivity contribution in [2.75, 3.05) is 12.4 Å². The van der Waals surface area contributed by atoms with Gasteiger partial charge in [-0.1, -0.05) is 42.5 Å².